The van der Waals surface area contributed by atoms with Gasteiger partial charge in [-0.1, -0.05) is 37.1 Å². The number of unbranched alkanes of at least 4 members (excludes halogenated alkanes) is 3. The van der Waals surface area contributed by atoms with Gasteiger partial charge in [0.2, 0.25) is 5.91 Å². The molecule has 3 rings (SSSR count). The normalized spacial score (nSPS) is 12.7. The zero-order valence-electron chi connectivity index (χ0n) is 16.9. The van der Waals surface area contributed by atoms with Gasteiger partial charge in [0, 0.05) is 29.8 Å². The lowest BCUT2D eigenvalue weighted by Gasteiger charge is -2.17. The number of aromatic nitrogens is 1. The van der Waals surface area contributed by atoms with E-state index in [0.29, 0.717) is 25.0 Å². The van der Waals surface area contributed by atoms with Crippen LogP contribution in [0.25, 0.3) is 11.0 Å². The molecule has 1 unspecified atom stereocenters. The summed E-state index contributed by atoms with van der Waals surface area (Å²) in [6, 6.07) is 13.0. The zero-order valence-corrected chi connectivity index (χ0v) is 17.7. The number of para-hydroxylation sites is 1. The van der Waals surface area contributed by atoms with Crippen molar-refractivity contribution in [2.45, 2.75) is 38.1 Å². The van der Waals surface area contributed by atoms with E-state index in [-0.39, 0.29) is 12.5 Å². The van der Waals surface area contributed by atoms with Crippen molar-refractivity contribution in [3.8, 4) is 0 Å². The number of carbonyl (C=O) groups excluding carboxylic acids is 1. The molecule has 8 heteroatoms. The summed E-state index contributed by atoms with van der Waals surface area (Å²) < 4.78 is 32.5. The highest BCUT2D eigenvalue weighted by atomic mass is 32.2. The highest BCUT2D eigenvalue weighted by Crippen LogP contribution is 2.28. The molecule has 3 aromatic rings. The molecule has 2 aromatic heterocycles. The molecule has 0 spiro atoms. The summed E-state index contributed by atoms with van der Waals surface area (Å²) in [5.74, 6) is 0.590. The van der Waals surface area contributed by atoms with Gasteiger partial charge >= 0.3 is 0 Å². The van der Waals surface area contributed by atoms with Crippen LogP contribution in [0.1, 0.15) is 49.5 Å². The summed E-state index contributed by atoms with van der Waals surface area (Å²) in [7, 11) is -3.38. The Morgan fingerprint density at radius 2 is 1.93 bits per heavy atom. The molecule has 0 aliphatic carbocycles. The van der Waals surface area contributed by atoms with E-state index in [4.69, 9.17) is 8.60 Å². The summed E-state index contributed by atoms with van der Waals surface area (Å²) >= 11 is 0. The number of rotatable bonds is 11. The third kappa shape index (κ3) is 6.67. The first-order chi connectivity index (χ1) is 14.4. The first-order valence-corrected chi connectivity index (χ1v) is 11.8. The second-order valence-electron chi connectivity index (χ2n) is 7.16. The van der Waals surface area contributed by atoms with Gasteiger partial charge in [-0.2, -0.15) is 8.42 Å². The minimum absolute atomic E-state index is 0.0725. The van der Waals surface area contributed by atoms with Crippen molar-refractivity contribution < 1.29 is 21.8 Å². The van der Waals surface area contributed by atoms with Crippen molar-refractivity contribution in [3.05, 3.63) is 66.2 Å². The molecule has 1 aromatic carbocycles. The van der Waals surface area contributed by atoms with Crippen molar-refractivity contribution in [1.29, 1.82) is 0 Å². The second kappa shape index (κ2) is 10.4. The molecule has 0 aliphatic heterocycles. The zero-order chi connectivity index (χ0) is 21.4. The molecule has 7 nitrogen and oxygen atoms in total. The molecule has 0 saturated carbocycles. The van der Waals surface area contributed by atoms with E-state index in [1.165, 1.54) is 0 Å². The van der Waals surface area contributed by atoms with Gasteiger partial charge in [-0.15, -0.1) is 0 Å². The van der Waals surface area contributed by atoms with Gasteiger partial charge in [-0.25, -0.2) is 0 Å². The largest absolute Gasteiger partial charge is 0.459 e. The highest BCUT2D eigenvalue weighted by molar-refractivity contribution is 7.85. The minimum atomic E-state index is -3.38. The summed E-state index contributed by atoms with van der Waals surface area (Å²) in [6.45, 7) is 0.181. The monoisotopic (exact) mass is 430 g/mol. The lowest BCUT2D eigenvalue weighted by Crippen LogP contribution is -2.28. The van der Waals surface area contributed by atoms with Gasteiger partial charge in [0.1, 0.15) is 17.4 Å². The lowest BCUT2D eigenvalue weighted by atomic mass is 10.1. The van der Waals surface area contributed by atoms with E-state index in [1.807, 2.05) is 42.5 Å². The van der Waals surface area contributed by atoms with Gasteiger partial charge in [-0.05, 0) is 31.0 Å². The summed E-state index contributed by atoms with van der Waals surface area (Å²) in [5, 5.41) is 4.03. The van der Waals surface area contributed by atoms with Crippen LogP contribution < -0.4 is 5.32 Å². The van der Waals surface area contributed by atoms with Crippen LogP contribution in [0.4, 0.5) is 0 Å². The number of benzene rings is 1. The van der Waals surface area contributed by atoms with Crippen LogP contribution in [-0.4, -0.2) is 32.2 Å². The van der Waals surface area contributed by atoms with Crippen LogP contribution in [0.5, 0.6) is 0 Å². The SMILES string of the molecule is CS(=O)(=O)OCCCCCCC(=O)NC(c1cccnc1)c1cc2ccccc2o1. The minimum Gasteiger partial charge on any atom is -0.459 e. The van der Waals surface area contributed by atoms with Gasteiger partial charge in [-0.3, -0.25) is 14.0 Å². The van der Waals surface area contributed by atoms with Crippen LogP contribution in [-0.2, 0) is 19.1 Å². The molecule has 0 saturated heterocycles. The first kappa shape index (κ1) is 22.0. The van der Waals surface area contributed by atoms with Gasteiger partial charge < -0.3 is 9.73 Å². The fourth-order valence-corrected chi connectivity index (χ4v) is 3.62. The molecule has 0 aliphatic rings. The number of nitrogens with one attached hydrogen (secondary N) is 1. The predicted molar refractivity (Wildman–Crippen MR) is 114 cm³/mol. The number of hydrogen-bond donors (Lipinski definition) is 1. The van der Waals surface area contributed by atoms with Crippen LogP contribution in [0, 0.1) is 0 Å². The van der Waals surface area contributed by atoms with Crippen molar-refractivity contribution in [2.24, 2.45) is 0 Å². The second-order valence-corrected chi connectivity index (χ2v) is 8.81. The van der Waals surface area contributed by atoms with Crippen LogP contribution in [0.15, 0.2) is 59.3 Å². The molecule has 0 fully saturated rings. The molecule has 2 heterocycles. The lowest BCUT2D eigenvalue weighted by molar-refractivity contribution is -0.121. The molecule has 0 radical (unpaired) electrons. The van der Waals surface area contributed by atoms with Crippen molar-refractivity contribution in [1.82, 2.24) is 10.3 Å². The first-order valence-electron chi connectivity index (χ1n) is 9.94. The molecular weight excluding hydrogens is 404 g/mol. The van der Waals surface area contributed by atoms with Crippen molar-refractivity contribution in [3.63, 3.8) is 0 Å². The molecular formula is C22H26N2O5S. The third-order valence-corrected chi connectivity index (χ3v) is 5.24. The molecule has 30 heavy (non-hydrogen) atoms. The Morgan fingerprint density at radius 3 is 2.67 bits per heavy atom. The topological polar surface area (TPSA) is 98.5 Å². The molecule has 1 N–H and O–H groups in total. The number of amides is 1. The van der Waals surface area contributed by atoms with Crippen LogP contribution in [0.3, 0.4) is 0 Å². The van der Waals surface area contributed by atoms with Crippen molar-refractivity contribution >= 4 is 27.0 Å². The fraction of sp³-hybridized carbons (Fsp3) is 0.364. The average Bonchev–Trinajstić information content (AvgIpc) is 3.15. The standard InChI is InChI=1S/C22H26N2O5S/c1-30(26,27)28-14-7-3-2-4-12-21(25)24-22(18-10-8-13-23-16-18)20-15-17-9-5-6-11-19(17)29-20/h5-6,8-11,13,15-16,22H,2-4,7,12,14H2,1H3,(H,24,25). The van der Waals surface area contributed by atoms with E-state index >= 15 is 0 Å². The van der Waals surface area contributed by atoms with Gasteiger partial charge in [0.05, 0.1) is 12.9 Å². The maximum atomic E-state index is 12.6. The molecule has 1 amide bonds. The maximum absolute atomic E-state index is 12.6. The van der Waals surface area contributed by atoms with Crippen LogP contribution >= 0.6 is 0 Å². The van der Waals surface area contributed by atoms with Crippen molar-refractivity contribution in [2.75, 3.05) is 12.9 Å². The average molecular weight is 431 g/mol. The number of furan rings is 1. The Morgan fingerprint density at radius 1 is 1.13 bits per heavy atom. The van der Waals surface area contributed by atoms with E-state index in [1.54, 1.807) is 12.4 Å². The Hall–Kier alpha value is -2.71. The Kier molecular flexibility index (Phi) is 7.59. The van der Waals surface area contributed by atoms with E-state index < -0.39 is 16.2 Å². The van der Waals surface area contributed by atoms with Gasteiger partial charge in [0.15, 0.2) is 0 Å². The summed E-state index contributed by atoms with van der Waals surface area (Å²) in [4.78, 5) is 16.7. The quantitative estimate of drug-likeness (QED) is 0.365. The highest BCUT2D eigenvalue weighted by Gasteiger charge is 2.21. The number of hydrogen-bond acceptors (Lipinski definition) is 6. The number of nitrogens with zero attached hydrogens (tertiary/aromatic N) is 1. The van der Waals surface area contributed by atoms with E-state index in [9.17, 15) is 13.2 Å². The van der Waals surface area contributed by atoms with Gasteiger partial charge in [0.25, 0.3) is 10.1 Å². The number of fused-ring (bicyclic) bond motifs is 1. The fourth-order valence-electron chi connectivity index (χ4n) is 3.19. The molecule has 160 valence electrons. The maximum Gasteiger partial charge on any atom is 0.264 e. The predicted octanol–water partition coefficient (Wildman–Crippen LogP) is 3.96. The van der Waals surface area contributed by atoms with E-state index in [0.717, 1.165) is 35.6 Å². The Balaban J connectivity index is 1.55. The Labute approximate surface area is 176 Å². The molecule has 1 atom stereocenters. The van der Waals surface area contributed by atoms with E-state index in [2.05, 4.69) is 10.3 Å². The smallest absolute Gasteiger partial charge is 0.264 e. The summed E-state index contributed by atoms with van der Waals surface area (Å²) in [5.41, 5.74) is 1.62. The summed E-state index contributed by atoms with van der Waals surface area (Å²) in [6.07, 6.45) is 7.81. The number of carbonyl (C=O) groups is 1. The third-order valence-electron chi connectivity index (χ3n) is 4.65. The van der Waals surface area contributed by atoms with Crippen LogP contribution in [0.2, 0.25) is 0 Å². The molecule has 0 bridgehead atoms. The Bertz CT molecular complexity index is 1030. The number of pyridine rings is 1.